The van der Waals surface area contributed by atoms with Crippen LogP contribution < -0.4 is 4.74 Å². The molecule has 0 saturated carbocycles. The zero-order valence-electron chi connectivity index (χ0n) is 9.99. The van der Waals surface area contributed by atoms with Crippen LogP contribution in [0.3, 0.4) is 0 Å². The van der Waals surface area contributed by atoms with E-state index >= 15 is 0 Å². The normalized spacial score (nSPS) is 10.7. The molecule has 0 saturated heterocycles. The first-order chi connectivity index (χ1) is 7.54. The summed E-state index contributed by atoms with van der Waals surface area (Å²) in [5.41, 5.74) is 1.41. The topological polar surface area (TPSA) is 21.6 Å². The Labute approximate surface area is 102 Å². The molecule has 1 aromatic carbocycles. The number of benzene rings is 1. The molecule has 0 aromatic heterocycles. The molecule has 0 amide bonds. The van der Waals surface area contributed by atoms with Crippen LogP contribution in [-0.2, 0) is 5.41 Å². The minimum Gasteiger partial charge on any atom is -0.492 e. The van der Waals surface area contributed by atoms with E-state index in [4.69, 9.17) is 4.74 Å². The van der Waals surface area contributed by atoms with Gasteiger partial charge < -0.3 is 4.74 Å². The highest BCUT2D eigenvalue weighted by atomic mass is 32.1. The first-order valence-corrected chi connectivity index (χ1v) is 5.72. The average Bonchev–Trinajstić information content (AvgIpc) is 2.24. The van der Waals surface area contributed by atoms with Gasteiger partial charge in [0, 0.05) is 0 Å². The second-order valence-corrected chi connectivity index (χ2v) is 4.78. The monoisotopic (exact) mass is 235 g/mol. The highest BCUT2D eigenvalue weighted by Gasteiger charge is 2.13. The Bertz CT molecular complexity index is 389. The molecule has 0 aliphatic rings. The average molecular weight is 235 g/mol. The fourth-order valence-electron chi connectivity index (χ4n) is 1.31. The van der Waals surface area contributed by atoms with Crippen LogP contribution >= 0.6 is 12.2 Å². The third kappa shape index (κ3) is 4.13. The predicted octanol–water partition coefficient (Wildman–Crippen LogP) is 3.47. The number of rotatable bonds is 4. The molecule has 0 heterocycles. The number of hydrogen-bond donors (Lipinski definition) is 0. The van der Waals surface area contributed by atoms with Gasteiger partial charge in [-0.05, 0) is 35.3 Å². The van der Waals surface area contributed by atoms with E-state index in [1.54, 1.807) is 0 Å². The van der Waals surface area contributed by atoms with E-state index in [0.717, 1.165) is 5.75 Å². The summed E-state index contributed by atoms with van der Waals surface area (Å²) in [7, 11) is 0. The van der Waals surface area contributed by atoms with Gasteiger partial charge in [0.15, 0.2) is 0 Å². The summed E-state index contributed by atoms with van der Waals surface area (Å²) in [6.07, 6.45) is 0. The van der Waals surface area contributed by atoms with Crippen molar-refractivity contribution in [1.29, 1.82) is 0 Å². The van der Waals surface area contributed by atoms with Gasteiger partial charge in [-0.1, -0.05) is 32.9 Å². The third-order valence-electron chi connectivity index (χ3n) is 2.24. The summed E-state index contributed by atoms with van der Waals surface area (Å²) in [4.78, 5) is 3.80. The van der Waals surface area contributed by atoms with E-state index in [0.29, 0.717) is 13.2 Å². The predicted molar refractivity (Wildman–Crippen MR) is 70.5 cm³/mol. The lowest BCUT2D eigenvalue weighted by Gasteiger charge is -2.19. The van der Waals surface area contributed by atoms with Crippen LogP contribution in [0.15, 0.2) is 29.3 Å². The Morgan fingerprint density at radius 3 is 2.75 bits per heavy atom. The highest BCUT2D eigenvalue weighted by molar-refractivity contribution is 7.78. The van der Waals surface area contributed by atoms with Gasteiger partial charge in [0.05, 0.1) is 11.7 Å². The van der Waals surface area contributed by atoms with Crippen LogP contribution in [0.1, 0.15) is 26.3 Å². The van der Waals surface area contributed by atoms with E-state index in [1.807, 2.05) is 12.1 Å². The Morgan fingerprint density at radius 1 is 1.38 bits per heavy atom. The van der Waals surface area contributed by atoms with Gasteiger partial charge in [-0.25, -0.2) is 4.99 Å². The van der Waals surface area contributed by atoms with E-state index < -0.39 is 0 Å². The zero-order valence-corrected chi connectivity index (χ0v) is 10.8. The Balaban J connectivity index is 2.64. The quantitative estimate of drug-likeness (QED) is 0.453. The van der Waals surface area contributed by atoms with E-state index in [9.17, 15) is 0 Å². The summed E-state index contributed by atoms with van der Waals surface area (Å²) >= 11 is 4.48. The van der Waals surface area contributed by atoms with Gasteiger partial charge in [-0.3, -0.25) is 0 Å². The summed E-state index contributed by atoms with van der Waals surface area (Å²) in [5.74, 6) is 0.881. The van der Waals surface area contributed by atoms with Gasteiger partial charge in [-0.15, -0.1) is 0 Å². The second-order valence-electron chi connectivity index (χ2n) is 4.60. The third-order valence-corrected chi connectivity index (χ3v) is 2.37. The summed E-state index contributed by atoms with van der Waals surface area (Å²) in [6, 6.07) is 8.15. The van der Waals surface area contributed by atoms with Gasteiger partial charge in [0.2, 0.25) is 0 Å². The van der Waals surface area contributed by atoms with Crippen LogP contribution in [0, 0.1) is 0 Å². The number of hydrogen-bond acceptors (Lipinski definition) is 3. The Morgan fingerprint density at radius 2 is 2.12 bits per heavy atom. The summed E-state index contributed by atoms with van der Waals surface area (Å²) in [6.45, 7) is 7.65. The molecule has 16 heavy (non-hydrogen) atoms. The lowest BCUT2D eigenvalue weighted by atomic mass is 9.87. The van der Waals surface area contributed by atoms with Crippen molar-refractivity contribution in [3.05, 3.63) is 29.8 Å². The van der Waals surface area contributed by atoms with Crippen LogP contribution in [-0.4, -0.2) is 18.3 Å². The highest BCUT2D eigenvalue weighted by Crippen LogP contribution is 2.25. The maximum absolute atomic E-state index is 5.56. The molecule has 0 N–H and O–H groups in total. The first-order valence-electron chi connectivity index (χ1n) is 5.31. The van der Waals surface area contributed by atoms with Gasteiger partial charge in [0.1, 0.15) is 12.4 Å². The molecule has 3 heteroatoms. The molecule has 0 spiro atoms. The molecular weight excluding hydrogens is 218 g/mol. The smallest absolute Gasteiger partial charge is 0.119 e. The number of ether oxygens (including phenoxy) is 1. The van der Waals surface area contributed by atoms with Crippen molar-refractivity contribution in [2.24, 2.45) is 4.99 Å². The van der Waals surface area contributed by atoms with Crippen LogP contribution in [0.25, 0.3) is 0 Å². The molecule has 0 fully saturated rings. The molecule has 0 unspecified atom stereocenters. The minimum absolute atomic E-state index is 0.145. The van der Waals surface area contributed by atoms with Crippen molar-refractivity contribution in [2.45, 2.75) is 26.2 Å². The number of isothiocyanates is 1. The molecule has 0 radical (unpaired) electrons. The van der Waals surface area contributed by atoms with Gasteiger partial charge in [0.25, 0.3) is 0 Å². The van der Waals surface area contributed by atoms with E-state index in [-0.39, 0.29) is 5.41 Å². The number of thiocarbonyl (C=S) groups is 1. The number of aliphatic imine (C=N–C) groups is 1. The van der Waals surface area contributed by atoms with Crippen molar-refractivity contribution in [3.63, 3.8) is 0 Å². The van der Waals surface area contributed by atoms with E-state index in [2.05, 4.69) is 55.3 Å². The first kappa shape index (κ1) is 12.9. The van der Waals surface area contributed by atoms with Gasteiger partial charge in [-0.2, -0.15) is 0 Å². The molecule has 0 atom stereocenters. The molecule has 0 aliphatic heterocycles. The van der Waals surface area contributed by atoms with Crippen molar-refractivity contribution in [3.8, 4) is 5.75 Å². The molecule has 1 aromatic rings. The molecule has 2 nitrogen and oxygen atoms in total. The van der Waals surface area contributed by atoms with Crippen LogP contribution in [0.2, 0.25) is 0 Å². The molecule has 86 valence electrons. The second kappa shape index (κ2) is 5.78. The minimum atomic E-state index is 0.145. The fourth-order valence-corrected chi connectivity index (χ4v) is 1.40. The Kier molecular flexibility index (Phi) is 4.66. The van der Waals surface area contributed by atoms with Crippen LogP contribution in [0.5, 0.6) is 5.75 Å². The maximum atomic E-state index is 5.56. The van der Waals surface area contributed by atoms with E-state index in [1.165, 1.54) is 5.56 Å². The molecular formula is C13H17NOS. The van der Waals surface area contributed by atoms with Crippen molar-refractivity contribution in [1.82, 2.24) is 0 Å². The fraction of sp³-hybridized carbons (Fsp3) is 0.462. The summed E-state index contributed by atoms with van der Waals surface area (Å²) < 4.78 is 5.56. The molecule has 0 aliphatic carbocycles. The summed E-state index contributed by atoms with van der Waals surface area (Å²) in [5, 5.41) is 2.32. The lowest BCUT2D eigenvalue weighted by Crippen LogP contribution is -2.11. The van der Waals surface area contributed by atoms with Crippen molar-refractivity contribution < 1.29 is 4.74 Å². The molecule has 0 bridgehead atoms. The molecule has 1 rings (SSSR count). The largest absolute Gasteiger partial charge is 0.492 e. The van der Waals surface area contributed by atoms with Crippen LogP contribution in [0.4, 0.5) is 0 Å². The standard InChI is InChI=1S/C13H17NOS/c1-13(2,3)11-5-4-6-12(9-11)15-8-7-14-10-16/h4-6,9H,7-8H2,1-3H3. The SMILES string of the molecule is CC(C)(C)c1cccc(OCCN=C=S)c1. The number of nitrogens with zero attached hydrogens (tertiary/aromatic N) is 1. The maximum Gasteiger partial charge on any atom is 0.119 e. The Hall–Kier alpha value is -1.18. The lowest BCUT2D eigenvalue weighted by molar-refractivity contribution is 0.328. The van der Waals surface area contributed by atoms with Crippen molar-refractivity contribution in [2.75, 3.05) is 13.2 Å². The van der Waals surface area contributed by atoms with Gasteiger partial charge >= 0.3 is 0 Å². The zero-order chi connectivity index (χ0) is 12.0. The van der Waals surface area contributed by atoms with Crippen molar-refractivity contribution >= 4 is 17.4 Å².